The lowest BCUT2D eigenvalue weighted by Gasteiger charge is -2.09. The van der Waals surface area contributed by atoms with Gasteiger partial charge >= 0.3 is 0 Å². The highest BCUT2D eigenvalue weighted by Gasteiger charge is 2.18. The van der Waals surface area contributed by atoms with Crippen molar-refractivity contribution in [1.82, 2.24) is 10.2 Å². The maximum absolute atomic E-state index is 5.90. The minimum Gasteiger partial charge on any atom is -0.497 e. The van der Waals surface area contributed by atoms with Crippen LogP contribution in [0.5, 0.6) is 5.75 Å². The van der Waals surface area contributed by atoms with E-state index >= 15 is 0 Å². The summed E-state index contributed by atoms with van der Waals surface area (Å²) in [6.45, 7) is 3.92. The molecule has 0 bridgehead atoms. The highest BCUT2D eigenvalue weighted by atomic mass is 16.5. The number of nitrogens with two attached hydrogens (primary N) is 1. The molecule has 1 atom stereocenters. The van der Waals surface area contributed by atoms with Gasteiger partial charge in [0, 0.05) is 19.6 Å². The number of benzene rings is 1. The van der Waals surface area contributed by atoms with Crippen LogP contribution in [-0.4, -0.2) is 51.2 Å². The minimum atomic E-state index is 0.554. The summed E-state index contributed by atoms with van der Waals surface area (Å²) in [5, 5.41) is 3.18. The van der Waals surface area contributed by atoms with Gasteiger partial charge in [0.15, 0.2) is 5.96 Å². The second kappa shape index (κ2) is 7.88. The number of hydrogen-bond donors (Lipinski definition) is 2. The lowest BCUT2D eigenvalue weighted by Crippen LogP contribution is -2.33. The van der Waals surface area contributed by atoms with Gasteiger partial charge in [0.1, 0.15) is 5.75 Å². The third kappa shape index (κ3) is 5.27. The topological polar surface area (TPSA) is 62.9 Å². The molecule has 0 unspecified atom stereocenters. The lowest BCUT2D eigenvalue weighted by atomic mass is 10.1. The Bertz CT molecular complexity index is 458. The molecule has 1 heterocycles. The summed E-state index contributed by atoms with van der Waals surface area (Å²) in [6, 6.07) is 8.09. The Morgan fingerprint density at radius 2 is 2.19 bits per heavy atom. The van der Waals surface area contributed by atoms with Crippen LogP contribution in [-0.2, 0) is 6.42 Å². The van der Waals surface area contributed by atoms with E-state index in [0.29, 0.717) is 11.9 Å². The summed E-state index contributed by atoms with van der Waals surface area (Å²) >= 11 is 0. The number of nitrogens with one attached hydrogen (secondary N) is 1. The van der Waals surface area contributed by atoms with E-state index in [9.17, 15) is 0 Å². The van der Waals surface area contributed by atoms with Gasteiger partial charge in [0.05, 0.1) is 7.11 Å². The van der Waals surface area contributed by atoms with E-state index in [4.69, 9.17) is 10.5 Å². The van der Waals surface area contributed by atoms with E-state index in [1.807, 2.05) is 12.1 Å². The maximum Gasteiger partial charge on any atom is 0.188 e. The van der Waals surface area contributed by atoms with Crippen molar-refractivity contribution in [2.45, 2.75) is 12.8 Å². The summed E-state index contributed by atoms with van der Waals surface area (Å²) in [6.07, 6.45) is 2.14. The first-order valence-electron chi connectivity index (χ1n) is 7.52. The van der Waals surface area contributed by atoms with Crippen molar-refractivity contribution in [3.63, 3.8) is 0 Å². The quantitative estimate of drug-likeness (QED) is 0.608. The number of rotatable bonds is 6. The van der Waals surface area contributed by atoms with Crippen LogP contribution in [0.3, 0.4) is 0 Å². The number of ether oxygens (including phenoxy) is 1. The zero-order valence-electron chi connectivity index (χ0n) is 13.0. The molecule has 0 spiro atoms. The van der Waals surface area contributed by atoms with Crippen LogP contribution in [0.1, 0.15) is 12.0 Å². The van der Waals surface area contributed by atoms with Gasteiger partial charge in [-0.2, -0.15) is 0 Å². The van der Waals surface area contributed by atoms with Crippen molar-refractivity contribution in [1.29, 1.82) is 0 Å². The predicted molar refractivity (Wildman–Crippen MR) is 86.8 cm³/mol. The first kappa shape index (κ1) is 15.6. The predicted octanol–water partition coefficient (Wildman–Crippen LogP) is 1.09. The third-order valence-electron chi connectivity index (χ3n) is 3.89. The summed E-state index contributed by atoms with van der Waals surface area (Å²) in [5.74, 6) is 2.09. The third-order valence-corrected chi connectivity index (χ3v) is 3.89. The first-order valence-corrected chi connectivity index (χ1v) is 7.52. The molecule has 0 radical (unpaired) electrons. The molecule has 0 amide bonds. The molecule has 3 N–H and O–H groups in total. The minimum absolute atomic E-state index is 0.554. The fourth-order valence-corrected chi connectivity index (χ4v) is 2.59. The lowest BCUT2D eigenvalue weighted by molar-refractivity contribution is 0.397. The van der Waals surface area contributed by atoms with Crippen molar-refractivity contribution in [3.8, 4) is 5.75 Å². The van der Waals surface area contributed by atoms with E-state index in [0.717, 1.165) is 31.8 Å². The van der Waals surface area contributed by atoms with Gasteiger partial charge in [-0.1, -0.05) is 12.1 Å². The largest absolute Gasteiger partial charge is 0.497 e. The average molecular weight is 290 g/mol. The van der Waals surface area contributed by atoms with E-state index < -0.39 is 0 Å². The number of aliphatic imine (C=N–C) groups is 1. The van der Waals surface area contributed by atoms with E-state index in [1.165, 1.54) is 18.5 Å². The SMILES string of the molecule is COc1ccc(CCNC(N)=NC[C@@H]2CCN(C)C2)cc1. The van der Waals surface area contributed by atoms with Crippen LogP contribution < -0.4 is 15.8 Å². The molecule has 1 aliphatic heterocycles. The standard InChI is InChI=1S/C16H26N4O/c1-20-10-8-14(12-20)11-19-16(17)18-9-7-13-3-5-15(21-2)6-4-13/h3-6,14H,7-12H2,1-2H3,(H3,17,18,19)/t14-/m0/s1. The monoisotopic (exact) mass is 290 g/mol. The second-order valence-electron chi connectivity index (χ2n) is 5.67. The van der Waals surface area contributed by atoms with E-state index in [2.05, 4.69) is 34.4 Å². The first-order chi connectivity index (χ1) is 10.2. The highest BCUT2D eigenvalue weighted by Crippen LogP contribution is 2.14. The van der Waals surface area contributed by atoms with Crippen molar-refractivity contribution >= 4 is 5.96 Å². The molecular weight excluding hydrogens is 264 g/mol. The number of likely N-dealkylation sites (tertiary alicyclic amines) is 1. The Balaban J connectivity index is 1.67. The molecule has 1 saturated heterocycles. The maximum atomic E-state index is 5.90. The van der Waals surface area contributed by atoms with Gasteiger partial charge in [-0.05, 0) is 50.0 Å². The van der Waals surface area contributed by atoms with Crippen LogP contribution in [0.25, 0.3) is 0 Å². The smallest absolute Gasteiger partial charge is 0.188 e. The number of guanidine groups is 1. The van der Waals surface area contributed by atoms with Gasteiger partial charge in [-0.25, -0.2) is 0 Å². The Morgan fingerprint density at radius 3 is 2.81 bits per heavy atom. The fourth-order valence-electron chi connectivity index (χ4n) is 2.59. The summed E-state index contributed by atoms with van der Waals surface area (Å²) in [4.78, 5) is 6.78. The Hall–Kier alpha value is -1.75. The average Bonchev–Trinajstić information content (AvgIpc) is 2.91. The Labute approximate surface area is 127 Å². The van der Waals surface area contributed by atoms with E-state index in [1.54, 1.807) is 7.11 Å². The molecule has 0 aromatic heterocycles. The number of nitrogens with zero attached hydrogens (tertiary/aromatic N) is 2. The number of hydrogen-bond acceptors (Lipinski definition) is 3. The molecule has 0 saturated carbocycles. The Morgan fingerprint density at radius 1 is 1.43 bits per heavy atom. The van der Waals surface area contributed by atoms with Crippen molar-refractivity contribution in [2.75, 3.05) is 40.3 Å². The molecule has 1 aromatic carbocycles. The molecule has 116 valence electrons. The molecular formula is C16H26N4O. The van der Waals surface area contributed by atoms with Gasteiger partial charge < -0.3 is 20.7 Å². The van der Waals surface area contributed by atoms with Crippen LogP contribution >= 0.6 is 0 Å². The van der Waals surface area contributed by atoms with Gasteiger partial charge in [-0.15, -0.1) is 0 Å². The molecule has 1 aliphatic rings. The molecule has 5 nitrogen and oxygen atoms in total. The molecule has 1 aromatic rings. The normalized spacial score (nSPS) is 19.7. The van der Waals surface area contributed by atoms with Gasteiger partial charge in [0.25, 0.3) is 0 Å². The van der Waals surface area contributed by atoms with Crippen molar-refractivity contribution in [3.05, 3.63) is 29.8 Å². The van der Waals surface area contributed by atoms with Crippen LogP contribution in [0.2, 0.25) is 0 Å². The van der Waals surface area contributed by atoms with Gasteiger partial charge in [-0.3, -0.25) is 4.99 Å². The van der Waals surface area contributed by atoms with Crippen molar-refractivity contribution < 1.29 is 4.74 Å². The van der Waals surface area contributed by atoms with Crippen LogP contribution in [0.15, 0.2) is 29.3 Å². The van der Waals surface area contributed by atoms with E-state index in [-0.39, 0.29) is 0 Å². The zero-order chi connectivity index (χ0) is 15.1. The second-order valence-corrected chi connectivity index (χ2v) is 5.67. The molecule has 5 heteroatoms. The summed E-state index contributed by atoms with van der Waals surface area (Å²) in [5.41, 5.74) is 7.16. The number of methoxy groups -OCH3 is 1. The molecule has 2 rings (SSSR count). The molecule has 21 heavy (non-hydrogen) atoms. The van der Waals surface area contributed by atoms with Crippen LogP contribution in [0.4, 0.5) is 0 Å². The van der Waals surface area contributed by atoms with Crippen molar-refractivity contribution in [2.24, 2.45) is 16.6 Å². The highest BCUT2D eigenvalue weighted by molar-refractivity contribution is 5.77. The fraction of sp³-hybridized carbons (Fsp3) is 0.562. The van der Waals surface area contributed by atoms with Crippen LogP contribution in [0, 0.1) is 5.92 Å². The van der Waals surface area contributed by atoms with Gasteiger partial charge in [0.2, 0.25) is 0 Å². The summed E-state index contributed by atoms with van der Waals surface area (Å²) < 4.78 is 5.14. The molecule has 1 fully saturated rings. The Kier molecular flexibility index (Phi) is 5.87. The zero-order valence-corrected chi connectivity index (χ0v) is 13.0. The summed E-state index contributed by atoms with van der Waals surface area (Å²) in [7, 11) is 3.83. The molecule has 0 aliphatic carbocycles.